The van der Waals surface area contributed by atoms with Gasteiger partial charge in [0.15, 0.2) is 17.5 Å². The Kier molecular flexibility index (Phi) is 6.80. The molecular weight excluding hydrogens is 583 g/mol. The first-order chi connectivity index (χ1) is 23.8. The number of rotatable bonds is 5. The van der Waals surface area contributed by atoms with Crippen LogP contribution in [0.2, 0.25) is 0 Å². The van der Waals surface area contributed by atoms with Gasteiger partial charge in [-0.25, -0.2) is 15.0 Å². The summed E-state index contributed by atoms with van der Waals surface area (Å²) in [5.74, 6) is 1.96. The molecule has 0 aliphatic carbocycles. The van der Waals surface area contributed by atoms with Crippen LogP contribution in [0.1, 0.15) is 0 Å². The van der Waals surface area contributed by atoms with Gasteiger partial charge in [-0.3, -0.25) is 0 Å². The third-order valence-electron chi connectivity index (χ3n) is 9.10. The van der Waals surface area contributed by atoms with E-state index in [1.807, 2.05) is 60.7 Å². The summed E-state index contributed by atoms with van der Waals surface area (Å²) >= 11 is 0. The second-order valence-electron chi connectivity index (χ2n) is 12.1. The molecule has 0 spiro atoms. The Morgan fingerprint density at radius 3 is 1.12 bits per heavy atom. The summed E-state index contributed by atoms with van der Waals surface area (Å²) in [5.41, 5.74) is 7.56. The number of aromatic nitrogens is 3. The first-order valence-corrected chi connectivity index (χ1v) is 16.2. The summed E-state index contributed by atoms with van der Waals surface area (Å²) in [7, 11) is 0. The van der Waals surface area contributed by atoms with Gasteiger partial charge in [-0.1, -0.05) is 158 Å². The minimum atomic E-state index is 0.648. The van der Waals surface area contributed by atoms with Crippen LogP contribution >= 0.6 is 0 Å². The molecule has 0 aliphatic heterocycles. The zero-order valence-corrected chi connectivity index (χ0v) is 26.1. The van der Waals surface area contributed by atoms with Gasteiger partial charge >= 0.3 is 0 Å². The van der Waals surface area contributed by atoms with E-state index in [1.165, 1.54) is 43.4 Å². The van der Waals surface area contributed by atoms with Crippen LogP contribution in [0, 0.1) is 0 Å². The molecule has 9 aromatic rings. The van der Waals surface area contributed by atoms with Crippen LogP contribution in [-0.4, -0.2) is 15.0 Å². The van der Waals surface area contributed by atoms with E-state index in [9.17, 15) is 0 Å². The van der Waals surface area contributed by atoms with Gasteiger partial charge in [-0.2, -0.15) is 0 Å². The van der Waals surface area contributed by atoms with E-state index in [4.69, 9.17) is 15.0 Å². The Morgan fingerprint density at radius 2 is 0.562 bits per heavy atom. The summed E-state index contributed by atoms with van der Waals surface area (Å²) in [6, 6.07) is 61.8. The van der Waals surface area contributed by atoms with E-state index in [0.717, 1.165) is 27.8 Å². The Balaban J connectivity index is 1.20. The summed E-state index contributed by atoms with van der Waals surface area (Å²) in [6.07, 6.45) is 0. The molecule has 0 atom stereocenters. The van der Waals surface area contributed by atoms with E-state index < -0.39 is 0 Å². The lowest BCUT2D eigenvalue weighted by atomic mass is 9.90. The zero-order chi connectivity index (χ0) is 31.9. The van der Waals surface area contributed by atoms with Crippen molar-refractivity contribution < 1.29 is 0 Å². The SMILES string of the molecule is c1ccc(-c2ccc3c4ccccc4c4cc(-c5cccc(-c6nc(-c7ccccc7)nc(-c7ccccc7)n6)c5)ccc4c3c2)cc1. The van der Waals surface area contributed by atoms with Gasteiger partial charge in [-0.05, 0) is 72.8 Å². The molecule has 8 aromatic carbocycles. The largest absolute Gasteiger partial charge is 0.208 e. The Bertz CT molecular complexity index is 2540. The lowest BCUT2D eigenvalue weighted by molar-refractivity contribution is 1.07. The van der Waals surface area contributed by atoms with Crippen molar-refractivity contribution in [2.75, 3.05) is 0 Å². The molecule has 0 N–H and O–H groups in total. The monoisotopic (exact) mass is 611 g/mol. The molecule has 0 saturated carbocycles. The zero-order valence-electron chi connectivity index (χ0n) is 26.1. The van der Waals surface area contributed by atoms with E-state index in [-0.39, 0.29) is 0 Å². The molecule has 0 amide bonds. The lowest BCUT2D eigenvalue weighted by Gasteiger charge is -2.14. The summed E-state index contributed by atoms with van der Waals surface area (Å²) < 4.78 is 0. The number of nitrogens with zero attached hydrogens (tertiary/aromatic N) is 3. The number of hydrogen-bond acceptors (Lipinski definition) is 3. The van der Waals surface area contributed by atoms with Gasteiger partial charge in [0.25, 0.3) is 0 Å². The van der Waals surface area contributed by atoms with Crippen molar-refractivity contribution in [2.24, 2.45) is 0 Å². The molecule has 0 fully saturated rings. The second kappa shape index (κ2) is 11.7. The van der Waals surface area contributed by atoms with Crippen LogP contribution in [0.5, 0.6) is 0 Å². The topological polar surface area (TPSA) is 38.7 Å². The van der Waals surface area contributed by atoms with Crippen molar-refractivity contribution in [1.29, 1.82) is 0 Å². The molecule has 1 aromatic heterocycles. The van der Waals surface area contributed by atoms with Crippen LogP contribution in [-0.2, 0) is 0 Å². The molecule has 0 unspecified atom stereocenters. The average Bonchev–Trinajstić information content (AvgIpc) is 3.18. The van der Waals surface area contributed by atoms with Gasteiger partial charge in [0.1, 0.15) is 0 Å². The van der Waals surface area contributed by atoms with Crippen LogP contribution in [0.15, 0.2) is 176 Å². The first-order valence-electron chi connectivity index (χ1n) is 16.2. The number of benzene rings is 8. The predicted octanol–water partition coefficient (Wildman–Crippen LogP) is 11.7. The lowest BCUT2D eigenvalue weighted by Crippen LogP contribution is -2.00. The average molecular weight is 612 g/mol. The highest BCUT2D eigenvalue weighted by atomic mass is 15.0. The van der Waals surface area contributed by atoms with Crippen LogP contribution in [0.3, 0.4) is 0 Å². The molecule has 1 heterocycles. The predicted molar refractivity (Wildman–Crippen MR) is 200 cm³/mol. The maximum Gasteiger partial charge on any atom is 0.164 e. The highest BCUT2D eigenvalue weighted by molar-refractivity contribution is 6.26. The summed E-state index contributed by atoms with van der Waals surface area (Å²) in [5, 5.41) is 7.53. The Hall–Kier alpha value is -6.45. The summed E-state index contributed by atoms with van der Waals surface area (Å²) in [6.45, 7) is 0. The molecule has 3 heteroatoms. The van der Waals surface area contributed by atoms with E-state index in [2.05, 4.69) is 115 Å². The van der Waals surface area contributed by atoms with Crippen molar-refractivity contribution in [3.63, 3.8) is 0 Å². The molecule has 0 aliphatic rings. The molecule has 0 bridgehead atoms. The normalized spacial score (nSPS) is 11.3. The molecule has 224 valence electrons. The van der Waals surface area contributed by atoms with Crippen LogP contribution in [0.25, 0.3) is 88.7 Å². The quantitative estimate of drug-likeness (QED) is 0.182. The third kappa shape index (κ3) is 4.99. The smallest absolute Gasteiger partial charge is 0.164 e. The van der Waals surface area contributed by atoms with Gasteiger partial charge in [-0.15, -0.1) is 0 Å². The second-order valence-corrected chi connectivity index (χ2v) is 12.1. The molecule has 3 nitrogen and oxygen atoms in total. The van der Waals surface area contributed by atoms with Crippen molar-refractivity contribution in [1.82, 2.24) is 15.0 Å². The maximum atomic E-state index is 4.97. The number of fused-ring (bicyclic) bond motifs is 6. The minimum absolute atomic E-state index is 0.648. The molecule has 48 heavy (non-hydrogen) atoms. The van der Waals surface area contributed by atoms with Crippen molar-refractivity contribution in [2.45, 2.75) is 0 Å². The minimum Gasteiger partial charge on any atom is -0.208 e. The van der Waals surface area contributed by atoms with E-state index >= 15 is 0 Å². The summed E-state index contributed by atoms with van der Waals surface area (Å²) in [4.78, 5) is 14.8. The molecular formula is C45H29N3. The number of hydrogen-bond donors (Lipinski definition) is 0. The standard InChI is InChI=1S/C45H29N3/c1-4-13-30(14-5-1)34-23-25-39-37-21-10-11-22-38(37)41-29-35(24-26-40(41)42(39)28-34)33-19-12-20-36(27-33)45-47-43(31-15-6-2-7-16-31)46-44(48-45)32-17-8-3-9-18-32/h1-29H. The Labute approximate surface area is 278 Å². The van der Waals surface area contributed by atoms with Crippen LogP contribution < -0.4 is 0 Å². The fourth-order valence-electron chi connectivity index (χ4n) is 6.72. The fourth-order valence-corrected chi connectivity index (χ4v) is 6.72. The van der Waals surface area contributed by atoms with Crippen molar-refractivity contribution in [3.05, 3.63) is 176 Å². The first kappa shape index (κ1) is 27.8. The van der Waals surface area contributed by atoms with Gasteiger partial charge in [0.05, 0.1) is 0 Å². The van der Waals surface area contributed by atoms with Crippen LogP contribution in [0.4, 0.5) is 0 Å². The highest BCUT2D eigenvalue weighted by Crippen LogP contribution is 2.39. The van der Waals surface area contributed by atoms with Crippen molar-refractivity contribution >= 4 is 32.3 Å². The fraction of sp³-hybridized carbons (Fsp3) is 0. The molecule has 9 rings (SSSR count). The van der Waals surface area contributed by atoms with Gasteiger partial charge in [0.2, 0.25) is 0 Å². The van der Waals surface area contributed by atoms with E-state index in [0.29, 0.717) is 17.5 Å². The maximum absolute atomic E-state index is 4.97. The third-order valence-corrected chi connectivity index (χ3v) is 9.10. The molecule has 0 saturated heterocycles. The van der Waals surface area contributed by atoms with Gasteiger partial charge in [0, 0.05) is 16.7 Å². The molecule has 0 radical (unpaired) electrons. The Morgan fingerprint density at radius 1 is 0.208 bits per heavy atom. The van der Waals surface area contributed by atoms with E-state index in [1.54, 1.807) is 0 Å². The van der Waals surface area contributed by atoms with Gasteiger partial charge < -0.3 is 0 Å². The van der Waals surface area contributed by atoms with Crippen molar-refractivity contribution in [3.8, 4) is 56.4 Å². The highest BCUT2D eigenvalue weighted by Gasteiger charge is 2.14.